The topological polar surface area (TPSA) is 9.23 Å². The fourth-order valence-corrected chi connectivity index (χ4v) is 2.83. The molecule has 13 heavy (non-hydrogen) atoms. The first-order valence-electron chi connectivity index (χ1n) is 3.66. The van der Waals surface area contributed by atoms with Gasteiger partial charge >= 0.3 is 0 Å². The summed E-state index contributed by atoms with van der Waals surface area (Å²) in [5.41, 5.74) is 0. The van der Waals surface area contributed by atoms with Crippen LogP contribution in [0.5, 0.6) is 5.75 Å². The summed E-state index contributed by atoms with van der Waals surface area (Å²) in [6.07, 6.45) is 0. The van der Waals surface area contributed by atoms with E-state index in [4.69, 9.17) is 16.3 Å². The monoisotopic (exact) mass is 230 g/mol. The molecule has 0 atom stereocenters. The highest BCUT2D eigenvalue weighted by Gasteiger charge is 2.09. The predicted molar refractivity (Wildman–Crippen MR) is 60.6 cm³/mol. The number of ether oxygens (including phenoxy) is 1. The van der Waals surface area contributed by atoms with Crippen molar-refractivity contribution in [2.24, 2.45) is 0 Å². The van der Waals surface area contributed by atoms with Crippen LogP contribution in [0, 0.1) is 0 Å². The molecule has 2 rings (SSSR count). The Morgan fingerprint density at radius 2 is 2.23 bits per heavy atom. The molecule has 1 nitrogen and oxygen atoms in total. The molecule has 1 aromatic carbocycles. The molecular weight excluding hydrogens is 224 g/mol. The third-order valence-corrected chi connectivity index (χ3v) is 3.63. The van der Waals surface area contributed by atoms with Crippen molar-refractivity contribution in [2.75, 3.05) is 7.11 Å². The number of benzene rings is 1. The van der Waals surface area contributed by atoms with Gasteiger partial charge in [0.25, 0.3) is 0 Å². The van der Waals surface area contributed by atoms with Crippen LogP contribution >= 0.6 is 35.6 Å². The van der Waals surface area contributed by atoms with Crippen LogP contribution in [0.4, 0.5) is 0 Å². The Labute approximate surface area is 90.7 Å². The number of fused-ring (bicyclic) bond motifs is 1. The minimum Gasteiger partial charge on any atom is -0.495 e. The molecule has 0 N–H and O–H groups in total. The molecular formula is C9H7ClOS2. The van der Waals surface area contributed by atoms with E-state index in [0.717, 1.165) is 25.8 Å². The fraction of sp³-hybridized carbons (Fsp3) is 0.111. The zero-order valence-electron chi connectivity index (χ0n) is 6.87. The predicted octanol–water partition coefficient (Wildman–Crippen LogP) is 3.85. The summed E-state index contributed by atoms with van der Waals surface area (Å²) >= 11 is 11.9. The van der Waals surface area contributed by atoms with Crippen molar-refractivity contribution in [2.45, 2.75) is 4.90 Å². The highest BCUT2D eigenvalue weighted by molar-refractivity contribution is 7.80. The van der Waals surface area contributed by atoms with E-state index in [2.05, 4.69) is 12.6 Å². The van der Waals surface area contributed by atoms with E-state index in [9.17, 15) is 0 Å². The molecule has 1 heterocycles. The van der Waals surface area contributed by atoms with Crippen LogP contribution in [0.2, 0.25) is 5.02 Å². The van der Waals surface area contributed by atoms with Gasteiger partial charge in [-0.3, -0.25) is 0 Å². The first kappa shape index (κ1) is 9.19. The molecule has 68 valence electrons. The Morgan fingerprint density at radius 3 is 2.92 bits per heavy atom. The van der Waals surface area contributed by atoms with Crippen molar-refractivity contribution >= 4 is 45.7 Å². The summed E-state index contributed by atoms with van der Waals surface area (Å²) in [5, 5.41) is 3.69. The van der Waals surface area contributed by atoms with Gasteiger partial charge in [-0.05, 0) is 12.1 Å². The van der Waals surface area contributed by atoms with Crippen LogP contribution in [-0.4, -0.2) is 7.11 Å². The number of thiol groups is 1. The lowest BCUT2D eigenvalue weighted by Crippen LogP contribution is -1.80. The summed E-state index contributed by atoms with van der Waals surface area (Å²) < 4.78 is 6.24. The largest absolute Gasteiger partial charge is 0.495 e. The van der Waals surface area contributed by atoms with Crippen LogP contribution in [0.1, 0.15) is 0 Å². The normalized spacial score (nSPS) is 10.7. The summed E-state index contributed by atoms with van der Waals surface area (Å²) in [6, 6.07) is 3.73. The van der Waals surface area contributed by atoms with E-state index < -0.39 is 0 Å². The number of hydrogen-bond acceptors (Lipinski definition) is 3. The van der Waals surface area contributed by atoms with Gasteiger partial charge in [-0.2, -0.15) is 0 Å². The standard InChI is InChI=1S/C9H7ClOS2/c1-11-6-4-13-9-5(10)2-3-7(12)8(6)9/h2-4,12H,1H3. The SMILES string of the molecule is COc1csc2c(Cl)ccc(S)c12. The second-order valence-corrected chi connectivity index (χ2v) is 4.34. The van der Waals surface area contributed by atoms with E-state index in [0.29, 0.717) is 0 Å². The van der Waals surface area contributed by atoms with E-state index in [1.165, 1.54) is 0 Å². The summed E-state index contributed by atoms with van der Waals surface area (Å²) in [7, 11) is 1.65. The van der Waals surface area contributed by atoms with Crippen molar-refractivity contribution in [1.29, 1.82) is 0 Å². The second kappa shape index (κ2) is 3.40. The van der Waals surface area contributed by atoms with E-state index in [1.807, 2.05) is 17.5 Å². The van der Waals surface area contributed by atoms with Crippen molar-refractivity contribution in [3.05, 3.63) is 22.5 Å². The first-order chi connectivity index (χ1) is 6.24. The Hall–Kier alpha value is -0.380. The Kier molecular flexibility index (Phi) is 2.41. The van der Waals surface area contributed by atoms with Crippen LogP contribution < -0.4 is 4.74 Å². The smallest absolute Gasteiger partial charge is 0.138 e. The van der Waals surface area contributed by atoms with Crippen molar-refractivity contribution in [1.82, 2.24) is 0 Å². The maximum absolute atomic E-state index is 6.02. The second-order valence-electron chi connectivity index (χ2n) is 2.57. The lowest BCUT2D eigenvalue weighted by Gasteiger charge is -2.00. The number of thiophene rings is 1. The van der Waals surface area contributed by atoms with Crippen molar-refractivity contribution < 1.29 is 4.74 Å². The van der Waals surface area contributed by atoms with Gasteiger partial charge in [-0.15, -0.1) is 24.0 Å². The number of halogens is 1. The van der Waals surface area contributed by atoms with Crippen LogP contribution in [0.25, 0.3) is 10.1 Å². The lowest BCUT2D eigenvalue weighted by atomic mass is 10.2. The zero-order valence-corrected chi connectivity index (χ0v) is 9.34. The molecule has 0 radical (unpaired) electrons. The lowest BCUT2D eigenvalue weighted by molar-refractivity contribution is 0.421. The molecule has 0 unspecified atom stereocenters. The zero-order chi connectivity index (χ0) is 9.42. The summed E-state index contributed by atoms with van der Waals surface area (Å²) in [6.45, 7) is 0. The van der Waals surface area contributed by atoms with Gasteiger partial charge in [0.1, 0.15) is 5.75 Å². The Bertz CT molecular complexity index is 450. The van der Waals surface area contributed by atoms with Crippen LogP contribution in [-0.2, 0) is 0 Å². The average molecular weight is 231 g/mol. The van der Waals surface area contributed by atoms with Gasteiger partial charge in [0, 0.05) is 15.7 Å². The van der Waals surface area contributed by atoms with Crippen LogP contribution in [0.15, 0.2) is 22.4 Å². The molecule has 0 aliphatic rings. The minimum absolute atomic E-state index is 0.751. The molecule has 1 aromatic heterocycles. The minimum atomic E-state index is 0.751. The molecule has 0 saturated heterocycles. The average Bonchev–Trinajstić information content (AvgIpc) is 2.56. The number of hydrogen-bond donors (Lipinski definition) is 1. The molecule has 0 saturated carbocycles. The van der Waals surface area contributed by atoms with E-state index in [1.54, 1.807) is 18.4 Å². The van der Waals surface area contributed by atoms with E-state index in [-0.39, 0.29) is 0 Å². The van der Waals surface area contributed by atoms with E-state index >= 15 is 0 Å². The number of rotatable bonds is 1. The summed E-state index contributed by atoms with van der Waals surface area (Å²) in [4.78, 5) is 0.900. The van der Waals surface area contributed by atoms with Crippen LogP contribution in [0.3, 0.4) is 0 Å². The van der Waals surface area contributed by atoms with Gasteiger partial charge < -0.3 is 4.74 Å². The van der Waals surface area contributed by atoms with Gasteiger partial charge in [0.05, 0.1) is 16.8 Å². The van der Waals surface area contributed by atoms with Gasteiger partial charge in [0.15, 0.2) is 0 Å². The maximum Gasteiger partial charge on any atom is 0.138 e. The Balaban J connectivity index is 2.87. The molecule has 0 spiro atoms. The first-order valence-corrected chi connectivity index (χ1v) is 5.37. The highest BCUT2D eigenvalue weighted by atomic mass is 35.5. The molecule has 4 heteroatoms. The Morgan fingerprint density at radius 1 is 1.46 bits per heavy atom. The molecule has 0 bridgehead atoms. The molecule has 0 amide bonds. The maximum atomic E-state index is 6.02. The summed E-state index contributed by atoms with van der Waals surface area (Å²) in [5.74, 6) is 0.840. The van der Waals surface area contributed by atoms with Crippen molar-refractivity contribution in [3.63, 3.8) is 0 Å². The third kappa shape index (κ3) is 1.41. The quantitative estimate of drug-likeness (QED) is 0.733. The van der Waals surface area contributed by atoms with Gasteiger partial charge in [0.2, 0.25) is 0 Å². The molecule has 2 aromatic rings. The molecule has 0 aliphatic carbocycles. The highest BCUT2D eigenvalue weighted by Crippen LogP contribution is 2.40. The van der Waals surface area contributed by atoms with Crippen molar-refractivity contribution in [3.8, 4) is 5.75 Å². The van der Waals surface area contributed by atoms with Gasteiger partial charge in [-0.25, -0.2) is 0 Å². The molecule has 0 aliphatic heterocycles. The van der Waals surface area contributed by atoms with Gasteiger partial charge in [-0.1, -0.05) is 11.6 Å². The number of methoxy groups -OCH3 is 1. The fourth-order valence-electron chi connectivity index (χ4n) is 1.22. The third-order valence-electron chi connectivity index (χ3n) is 1.84. The molecule has 0 fully saturated rings.